The molecule has 1 atom stereocenters. The summed E-state index contributed by atoms with van der Waals surface area (Å²) in [6, 6.07) is 8.43. The van der Waals surface area contributed by atoms with E-state index in [1.807, 2.05) is 6.92 Å². The van der Waals surface area contributed by atoms with Gasteiger partial charge in [0, 0.05) is 38.9 Å². The van der Waals surface area contributed by atoms with Crippen LogP contribution >= 0.6 is 0 Å². The number of carbonyl (C=O) groups excluding carboxylic acids is 1. The molecule has 1 aliphatic heterocycles. The minimum atomic E-state index is -0.229. The number of hydrogen-bond donors (Lipinski definition) is 1. The van der Waals surface area contributed by atoms with E-state index in [9.17, 15) is 9.90 Å². The molecular formula is C27H40N2O5. The third-order valence-electron chi connectivity index (χ3n) is 6.86. The maximum Gasteiger partial charge on any atom is 0.306 e. The van der Waals surface area contributed by atoms with Crippen LogP contribution in [0.5, 0.6) is 5.88 Å². The third kappa shape index (κ3) is 6.19. The van der Waals surface area contributed by atoms with E-state index >= 15 is 0 Å². The average molecular weight is 473 g/mol. The van der Waals surface area contributed by atoms with Crippen molar-refractivity contribution in [2.24, 2.45) is 7.05 Å². The fourth-order valence-corrected chi connectivity index (χ4v) is 4.78. The van der Waals surface area contributed by atoms with Gasteiger partial charge in [0.2, 0.25) is 5.88 Å². The highest BCUT2D eigenvalue weighted by Gasteiger charge is 2.36. The van der Waals surface area contributed by atoms with Crippen LogP contribution < -0.4 is 0 Å². The summed E-state index contributed by atoms with van der Waals surface area (Å²) >= 11 is 0. The van der Waals surface area contributed by atoms with Crippen molar-refractivity contribution in [3.05, 3.63) is 46.6 Å². The molecule has 1 aromatic carbocycles. The van der Waals surface area contributed by atoms with Gasteiger partial charge in [0.15, 0.2) is 0 Å². The highest BCUT2D eigenvalue weighted by atomic mass is 16.5. The first-order valence-corrected chi connectivity index (χ1v) is 12.2. The van der Waals surface area contributed by atoms with Crippen LogP contribution in [-0.2, 0) is 43.3 Å². The number of aromatic nitrogens is 2. The molecule has 0 spiro atoms. The Kier molecular flexibility index (Phi) is 8.42. The molecule has 34 heavy (non-hydrogen) atoms. The van der Waals surface area contributed by atoms with Gasteiger partial charge in [-0.2, -0.15) is 5.10 Å². The minimum absolute atomic E-state index is 0.0675. The molecule has 1 saturated heterocycles. The van der Waals surface area contributed by atoms with E-state index < -0.39 is 0 Å². The van der Waals surface area contributed by atoms with Crippen molar-refractivity contribution >= 4 is 5.97 Å². The fraction of sp³-hybridized carbons (Fsp3) is 0.630. The van der Waals surface area contributed by atoms with Gasteiger partial charge in [0.05, 0.1) is 25.3 Å². The zero-order chi connectivity index (χ0) is 24.9. The number of ether oxygens (including phenoxy) is 3. The summed E-state index contributed by atoms with van der Waals surface area (Å²) in [6.45, 7) is 10.8. The van der Waals surface area contributed by atoms with Crippen LogP contribution in [0.25, 0.3) is 0 Å². The largest absolute Gasteiger partial charge is 0.493 e. The van der Waals surface area contributed by atoms with Crippen LogP contribution in [0.15, 0.2) is 24.3 Å². The Labute approximate surface area is 203 Å². The molecule has 0 aliphatic carbocycles. The molecule has 7 nitrogen and oxygen atoms in total. The number of methoxy groups -OCH3 is 1. The van der Waals surface area contributed by atoms with Gasteiger partial charge in [-0.15, -0.1) is 0 Å². The predicted molar refractivity (Wildman–Crippen MR) is 131 cm³/mol. The van der Waals surface area contributed by atoms with Gasteiger partial charge in [-0.3, -0.25) is 4.79 Å². The van der Waals surface area contributed by atoms with E-state index in [2.05, 4.69) is 44.1 Å². The van der Waals surface area contributed by atoms with E-state index in [0.29, 0.717) is 32.8 Å². The van der Waals surface area contributed by atoms with Crippen LogP contribution in [0, 0.1) is 0 Å². The van der Waals surface area contributed by atoms with Crippen LogP contribution in [0.2, 0.25) is 0 Å². The first-order chi connectivity index (χ1) is 16.1. The van der Waals surface area contributed by atoms with Gasteiger partial charge < -0.3 is 19.3 Å². The summed E-state index contributed by atoms with van der Waals surface area (Å²) in [4.78, 5) is 12.6. The molecule has 188 valence electrons. The lowest BCUT2D eigenvalue weighted by molar-refractivity contribution is -0.143. The smallest absolute Gasteiger partial charge is 0.306 e. The third-order valence-corrected chi connectivity index (χ3v) is 6.86. The minimum Gasteiger partial charge on any atom is -0.493 e. The molecule has 2 heterocycles. The van der Waals surface area contributed by atoms with Gasteiger partial charge in [-0.05, 0) is 54.2 Å². The maximum absolute atomic E-state index is 12.6. The number of nitrogens with zero attached hydrogens (tertiary/aromatic N) is 2. The summed E-state index contributed by atoms with van der Waals surface area (Å²) in [6.07, 6.45) is 2.56. The molecule has 0 radical (unpaired) electrons. The predicted octanol–water partition coefficient (Wildman–Crippen LogP) is 4.40. The zero-order valence-corrected chi connectivity index (χ0v) is 21.5. The summed E-state index contributed by atoms with van der Waals surface area (Å²) in [5.74, 6) is -0.253. The van der Waals surface area contributed by atoms with Crippen molar-refractivity contribution in [3.8, 4) is 5.88 Å². The second-order valence-electron chi connectivity index (χ2n) is 10.4. The van der Waals surface area contributed by atoms with Crippen molar-refractivity contribution < 1.29 is 24.1 Å². The summed E-state index contributed by atoms with van der Waals surface area (Å²) in [7, 11) is 3.46. The highest BCUT2D eigenvalue weighted by molar-refractivity contribution is 5.70. The van der Waals surface area contributed by atoms with Crippen LogP contribution in [0.4, 0.5) is 0 Å². The Morgan fingerprint density at radius 3 is 2.50 bits per heavy atom. The van der Waals surface area contributed by atoms with Crippen molar-refractivity contribution in [3.63, 3.8) is 0 Å². The monoisotopic (exact) mass is 472 g/mol. The quantitative estimate of drug-likeness (QED) is 0.545. The highest BCUT2D eigenvalue weighted by Crippen LogP contribution is 2.40. The molecule has 1 aromatic heterocycles. The zero-order valence-electron chi connectivity index (χ0n) is 21.5. The summed E-state index contributed by atoms with van der Waals surface area (Å²) < 4.78 is 18.2. The Morgan fingerprint density at radius 2 is 1.94 bits per heavy atom. The number of rotatable bonds is 9. The lowest BCUT2D eigenvalue weighted by atomic mass is 9.71. The van der Waals surface area contributed by atoms with E-state index in [1.165, 1.54) is 15.8 Å². The molecule has 0 amide bonds. The van der Waals surface area contributed by atoms with Gasteiger partial charge in [-0.1, -0.05) is 39.0 Å². The molecule has 1 unspecified atom stereocenters. The number of aromatic hydroxyl groups is 1. The molecule has 2 aromatic rings. The van der Waals surface area contributed by atoms with Crippen molar-refractivity contribution in [1.82, 2.24) is 9.78 Å². The number of carbonyl (C=O) groups is 1. The molecule has 1 aliphatic rings. The second kappa shape index (κ2) is 10.9. The Balaban J connectivity index is 2.10. The average Bonchev–Trinajstić information content (AvgIpc) is 3.10. The summed E-state index contributed by atoms with van der Waals surface area (Å²) in [5.41, 5.74) is 4.10. The van der Waals surface area contributed by atoms with Gasteiger partial charge >= 0.3 is 5.97 Å². The molecule has 1 N–H and O–H groups in total. The van der Waals surface area contributed by atoms with Crippen LogP contribution in [0.1, 0.15) is 75.3 Å². The number of esters is 1. The SMILES string of the molecule is CCOC(=O)CC(Cc1cc(O)n(C)n1)c1cc(C(C)(C)C)cc(C2(COC)CCOCC2)c1. The second-order valence-corrected chi connectivity index (χ2v) is 10.4. The number of benzene rings is 1. The first-order valence-electron chi connectivity index (χ1n) is 12.2. The Hall–Kier alpha value is -2.38. The van der Waals surface area contributed by atoms with E-state index in [4.69, 9.17) is 14.2 Å². The molecular weight excluding hydrogens is 432 g/mol. The number of hydrogen-bond acceptors (Lipinski definition) is 6. The van der Waals surface area contributed by atoms with E-state index in [1.54, 1.807) is 20.2 Å². The van der Waals surface area contributed by atoms with E-state index in [-0.39, 0.29) is 35.0 Å². The van der Waals surface area contributed by atoms with Crippen molar-refractivity contribution in [1.29, 1.82) is 0 Å². The molecule has 0 saturated carbocycles. The van der Waals surface area contributed by atoms with Crippen LogP contribution in [-0.4, -0.2) is 54.4 Å². The topological polar surface area (TPSA) is 82.8 Å². The Bertz CT molecular complexity index is 945. The normalized spacial score (nSPS) is 16.9. The fourth-order valence-electron chi connectivity index (χ4n) is 4.78. The van der Waals surface area contributed by atoms with Crippen molar-refractivity contribution in [2.75, 3.05) is 33.5 Å². The lowest BCUT2D eigenvalue weighted by Crippen LogP contribution is -2.38. The first kappa shape index (κ1) is 26.2. The Morgan fingerprint density at radius 1 is 1.24 bits per heavy atom. The standard InChI is InChI=1S/C27H40N2O5/c1-7-34-25(31)15-20(14-23-17-24(30)29(5)28-23)19-12-21(26(2,3)4)16-22(13-19)27(18-32-6)8-10-33-11-9-27/h12-13,16-17,20,30H,7-11,14-15,18H2,1-6H3. The maximum atomic E-state index is 12.6. The molecule has 7 heteroatoms. The van der Waals surface area contributed by atoms with E-state index in [0.717, 1.165) is 24.1 Å². The lowest BCUT2D eigenvalue weighted by Gasteiger charge is -2.38. The van der Waals surface area contributed by atoms with Crippen molar-refractivity contribution in [2.45, 2.75) is 70.1 Å². The molecule has 1 fully saturated rings. The number of aryl methyl sites for hydroxylation is 1. The molecule has 0 bridgehead atoms. The van der Waals surface area contributed by atoms with Gasteiger partial charge in [-0.25, -0.2) is 4.68 Å². The van der Waals surface area contributed by atoms with Gasteiger partial charge in [0.1, 0.15) is 0 Å². The van der Waals surface area contributed by atoms with Gasteiger partial charge in [0.25, 0.3) is 0 Å². The molecule has 3 rings (SSSR count). The van der Waals surface area contributed by atoms with Crippen LogP contribution in [0.3, 0.4) is 0 Å². The summed E-state index contributed by atoms with van der Waals surface area (Å²) in [5, 5.41) is 14.5.